The average Bonchev–Trinajstić information content (AvgIpc) is 3.28. The molecule has 0 saturated heterocycles. The van der Waals surface area contributed by atoms with E-state index in [0.717, 1.165) is 46.6 Å². The molecule has 4 aliphatic carbocycles. The number of fused-ring (bicyclic) bond motifs is 2. The Hall–Kier alpha value is -0.823. The van der Waals surface area contributed by atoms with Gasteiger partial charge in [-0.15, -0.1) is 0 Å². The molecule has 0 aromatic rings. The van der Waals surface area contributed by atoms with Gasteiger partial charge < -0.3 is 0 Å². The maximum Gasteiger partial charge on any atom is 0.0610 e. The first-order valence-corrected chi connectivity index (χ1v) is 15.4. The van der Waals surface area contributed by atoms with E-state index in [-0.39, 0.29) is 0 Å². The van der Waals surface area contributed by atoms with Crippen LogP contribution in [0.3, 0.4) is 0 Å². The molecule has 8 atom stereocenters. The Balaban J connectivity index is 1.73. The summed E-state index contributed by atoms with van der Waals surface area (Å²) in [6, 6.07) is 3.15. The van der Waals surface area contributed by atoms with Gasteiger partial charge in [-0.25, -0.2) is 0 Å². The Bertz CT molecular complexity index is 662. The molecular formula is C28H44Si. The van der Waals surface area contributed by atoms with Gasteiger partial charge in [0.1, 0.15) is 0 Å². The van der Waals surface area contributed by atoms with Crippen LogP contribution in [-0.4, -0.2) is 8.07 Å². The zero-order chi connectivity index (χ0) is 20.4. The van der Waals surface area contributed by atoms with Gasteiger partial charge in [0.25, 0.3) is 0 Å². The Morgan fingerprint density at radius 1 is 0.655 bits per heavy atom. The summed E-state index contributed by atoms with van der Waals surface area (Å²) >= 11 is 0. The normalized spacial score (nSPS) is 40.4. The lowest BCUT2D eigenvalue weighted by atomic mass is 9.84. The molecule has 160 valence electrons. The molecule has 8 unspecified atom stereocenters. The van der Waals surface area contributed by atoms with Crippen LogP contribution in [0.4, 0.5) is 0 Å². The zero-order valence-corrected chi connectivity index (χ0v) is 20.4. The molecule has 0 bridgehead atoms. The molecule has 0 aliphatic heterocycles. The van der Waals surface area contributed by atoms with E-state index >= 15 is 0 Å². The van der Waals surface area contributed by atoms with Gasteiger partial charge >= 0.3 is 0 Å². The molecule has 0 aromatic heterocycles. The molecule has 0 N–H and O–H groups in total. The summed E-state index contributed by atoms with van der Waals surface area (Å²) in [5.41, 5.74) is 2.02. The summed E-state index contributed by atoms with van der Waals surface area (Å²) in [5, 5.41) is 0. The highest BCUT2D eigenvalue weighted by atomic mass is 28.3. The monoisotopic (exact) mass is 408 g/mol. The molecule has 2 saturated carbocycles. The van der Waals surface area contributed by atoms with E-state index in [0.29, 0.717) is 0 Å². The minimum Gasteiger partial charge on any atom is -0.0808 e. The molecule has 0 aromatic carbocycles. The van der Waals surface area contributed by atoms with E-state index in [1.54, 1.807) is 12.1 Å². The van der Waals surface area contributed by atoms with E-state index in [2.05, 4.69) is 76.3 Å². The molecule has 2 fully saturated rings. The summed E-state index contributed by atoms with van der Waals surface area (Å²) in [6.45, 7) is 9.92. The first-order chi connectivity index (χ1) is 14.2. The maximum absolute atomic E-state index is 2.66. The third-order valence-electron chi connectivity index (χ3n) is 9.32. The van der Waals surface area contributed by atoms with Crippen LogP contribution in [0, 0.1) is 35.5 Å². The van der Waals surface area contributed by atoms with Gasteiger partial charge in [0, 0.05) is 0 Å². The van der Waals surface area contributed by atoms with Crippen LogP contribution < -0.4 is 0 Å². The van der Waals surface area contributed by atoms with E-state index < -0.39 is 8.07 Å². The van der Waals surface area contributed by atoms with Crippen molar-refractivity contribution in [2.75, 3.05) is 0 Å². The van der Waals surface area contributed by atoms with Gasteiger partial charge in [-0.1, -0.05) is 114 Å². The predicted octanol–water partition coefficient (Wildman–Crippen LogP) is 8.57. The van der Waals surface area contributed by atoms with Crippen LogP contribution >= 0.6 is 0 Å². The second-order valence-corrected chi connectivity index (χ2v) is 15.7. The highest BCUT2D eigenvalue weighted by molar-refractivity contribution is 6.83. The van der Waals surface area contributed by atoms with Crippen molar-refractivity contribution in [2.45, 2.75) is 89.4 Å². The molecule has 4 aliphatic rings. The van der Waals surface area contributed by atoms with Crippen molar-refractivity contribution in [1.82, 2.24) is 0 Å². The van der Waals surface area contributed by atoms with Gasteiger partial charge in [-0.2, -0.15) is 0 Å². The lowest BCUT2D eigenvalue weighted by Crippen LogP contribution is -2.47. The van der Waals surface area contributed by atoms with Gasteiger partial charge in [-0.3, -0.25) is 0 Å². The quantitative estimate of drug-likeness (QED) is 0.353. The standard InChI is InChI=1S/C28H44Si/c1-5-12-22-20-28(26-16-11-9-14-24(22)26)29(17-6-2,18-7-3)27-19-21(4)23-13-8-10-15-25(23)27/h8-11,13-16,21-28H,5-7,12,17-20H2,1-4H3. The Morgan fingerprint density at radius 3 is 1.76 bits per heavy atom. The lowest BCUT2D eigenvalue weighted by molar-refractivity contribution is 0.390. The summed E-state index contributed by atoms with van der Waals surface area (Å²) in [6.07, 6.45) is 28.6. The van der Waals surface area contributed by atoms with Crippen LogP contribution in [0.2, 0.25) is 23.2 Å². The Kier molecular flexibility index (Phi) is 6.74. The molecule has 0 radical (unpaired) electrons. The van der Waals surface area contributed by atoms with Crippen molar-refractivity contribution in [2.24, 2.45) is 35.5 Å². The fourth-order valence-corrected chi connectivity index (χ4v) is 16.4. The largest absolute Gasteiger partial charge is 0.0808 e. The number of hydrogen-bond acceptors (Lipinski definition) is 0. The first-order valence-electron chi connectivity index (χ1n) is 12.9. The molecular weight excluding hydrogens is 364 g/mol. The van der Waals surface area contributed by atoms with Crippen molar-refractivity contribution in [3.63, 3.8) is 0 Å². The number of hydrogen-bond donors (Lipinski definition) is 0. The second kappa shape index (κ2) is 9.12. The summed E-state index contributed by atoms with van der Waals surface area (Å²) in [7, 11) is -1.43. The van der Waals surface area contributed by atoms with E-state index in [4.69, 9.17) is 0 Å². The SMILES string of the molecule is CCCC1CC([Si](CCC)(CCC)C2CC(C)C3C=CC=CC32)C2C=CC=CC12. The Labute approximate surface area is 181 Å². The second-order valence-electron chi connectivity index (χ2n) is 10.8. The van der Waals surface area contributed by atoms with Crippen molar-refractivity contribution >= 4 is 8.07 Å². The molecule has 29 heavy (non-hydrogen) atoms. The molecule has 0 nitrogen and oxygen atoms in total. The van der Waals surface area contributed by atoms with E-state index in [1.807, 2.05) is 0 Å². The predicted molar refractivity (Wildman–Crippen MR) is 131 cm³/mol. The minimum absolute atomic E-state index is 0.816. The van der Waals surface area contributed by atoms with E-state index in [1.165, 1.54) is 38.5 Å². The molecule has 0 amide bonds. The van der Waals surface area contributed by atoms with Crippen LogP contribution in [0.15, 0.2) is 48.6 Å². The zero-order valence-electron chi connectivity index (χ0n) is 19.4. The third-order valence-corrected chi connectivity index (χ3v) is 16.4. The van der Waals surface area contributed by atoms with Crippen LogP contribution in [-0.2, 0) is 0 Å². The highest BCUT2D eigenvalue weighted by Crippen LogP contribution is 2.64. The minimum atomic E-state index is -1.43. The molecule has 0 spiro atoms. The van der Waals surface area contributed by atoms with Crippen LogP contribution in [0.1, 0.15) is 66.2 Å². The molecule has 4 rings (SSSR count). The third kappa shape index (κ3) is 3.71. The first kappa shape index (κ1) is 21.4. The van der Waals surface area contributed by atoms with Gasteiger partial charge in [-0.05, 0) is 59.4 Å². The number of allylic oxidation sites excluding steroid dienone is 8. The van der Waals surface area contributed by atoms with Crippen molar-refractivity contribution in [1.29, 1.82) is 0 Å². The van der Waals surface area contributed by atoms with Crippen LogP contribution in [0.5, 0.6) is 0 Å². The fourth-order valence-electron chi connectivity index (χ4n) is 8.47. The summed E-state index contributed by atoms with van der Waals surface area (Å²) in [5.74, 6) is 5.15. The van der Waals surface area contributed by atoms with Gasteiger partial charge in [0.2, 0.25) is 0 Å². The van der Waals surface area contributed by atoms with Gasteiger partial charge in [0.15, 0.2) is 0 Å². The number of rotatable bonds is 8. The smallest absolute Gasteiger partial charge is 0.0610 e. The maximum atomic E-state index is 2.66. The van der Waals surface area contributed by atoms with Crippen LogP contribution in [0.25, 0.3) is 0 Å². The van der Waals surface area contributed by atoms with Crippen molar-refractivity contribution in [3.8, 4) is 0 Å². The summed E-state index contributed by atoms with van der Waals surface area (Å²) < 4.78 is 0. The van der Waals surface area contributed by atoms with Gasteiger partial charge in [0.05, 0.1) is 8.07 Å². The van der Waals surface area contributed by atoms with Crippen molar-refractivity contribution in [3.05, 3.63) is 48.6 Å². The lowest BCUT2D eigenvalue weighted by Gasteiger charge is -2.47. The Morgan fingerprint density at radius 2 is 1.17 bits per heavy atom. The topological polar surface area (TPSA) is 0 Å². The molecule has 1 heteroatoms. The highest BCUT2D eigenvalue weighted by Gasteiger charge is 2.58. The average molecular weight is 409 g/mol. The molecule has 0 heterocycles. The summed E-state index contributed by atoms with van der Waals surface area (Å²) in [4.78, 5) is 0. The van der Waals surface area contributed by atoms with E-state index in [9.17, 15) is 0 Å². The van der Waals surface area contributed by atoms with Crippen molar-refractivity contribution < 1.29 is 0 Å². The fraction of sp³-hybridized carbons (Fsp3) is 0.714.